The van der Waals surface area contributed by atoms with Crippen LogP contribution in [0.25, 0.3) is 0 Å². The quantitative estimate of drug-likeness (QED) is 0.604. The summed E-state index contributed by atoms with van der Waals surface area (Å²) in [7, 11) is 0. The van der Waals surface area contributed by atoms with Gasteiger partial charge in [0, 0.05) is 0 Å². The van der Waals surface area contributed by atoms with E-state index in [-0.39, 0.29) is 6.54 Å². The lowest BCUT2D eigenvalue weighted by Gasteiger charge is -2.07. The molecular weight excluding hydrogens is 175 g/mol. The van der Waals surface area contributed by atoms with Gasteiger partial charge in [-0.05, 0) is 0 Å². The van der Waals surface area contributed by atoms with Crippen molar-refractivity contribution in [3.05, 3.63) is 0 Å². The summed E-state index contributed by atoms with van der Waals surface area (Å²) in [5.74, 6) is 0. The van der Waals surface area contributed by atoms with Crippen molar-refractivity contribution in [3.63, 3.8) is 0 Å². The fourth-order valence-corrected chi connectivity index (χ4v) is 0.363. The van der Waals surface area contributed by atoms with Gasteiger partial charge in [0.1, 0.15) is 13.1 Å². The Morgan fingerprint density at radius 2 is 2.00 bits per heavy atom. The zero-order valence-corrected chi connectivity index (χ0v) is 5.90. The van der Waals surface area contributed by atoms with Gasteiger partial charge in [-0.15, -0.1) is 0 Å². The van der Waals surface area contributed by atoms with Crippen molar-refractivity contribution in [1.29, 1.82) is 5.26 Å². The molecule has 12 heavy (non-hydrogen) atoms. The van der Waals surface area contributed by atoms with Crippen LogP contribution in [0.4, 0.5) is 18.0 Å². The molecule has 0 fully saturated rings. The largest absolute Gasteiger partial charge is 0.405 e. The van der Waals surface area contributed by atoms with Crippen LogP contribution in [0.3, 0.4) is 0 Å². The molecule has 0 spiro atoms. The number of halogens is 3. The monoisotopic (exact) mass is 181 g/mol. The van der Waals surface area contributed by atoms with E-state index in [9.17, 15) is 18.0 Å². The molecule has 0 bridgehead atoms. The Labute approximate surface area is 66.3 Å². The molecule has 0 radical (unpaired) electrons. The van der Waals surface area contributed by atoms with Crippen molar-refractivity contribution >= 4 is 6.03 Å². The number of urea groups is 1. The van der Waals surface area contributed by atoms with E-state index >= 15 is 0 Å². The van der Waals surface area contributed by atoms with E-state index in [1.165, 1.54) is 5.32 Å². The minimum atomic E-state index is -4.43. The van der Waals surface area contributed by atoms with E-state index in [1.54, 1.807) is 6.07 Å². The molecule has 0 atom stereocenters. The number of carbonyl (C=O) groups excluding carboxylic acids is 1. The normalized spacial score (nSPS) is 10.2. The molecule has 0 aliphatic heterocycles. The lowest BCUT2D eigenvalue weighted by Crippen LogP contribution is -2.40. The fourth-order valence-electron chi connectivity index (χ4n) is 0.363. The van der Waals surface area contributed by atoms with Crippen molar-refractivity contribution < 1.29 is 18.0 Å². The highest BCUT2D eigenvalue weighted by atomic mass is 19.4. The first-order valence-corrected chi connectivity index (χ1v) is 2.91. The van der Waals surface area contributed by atoms with E-state index < -0.39 is 18.8 Å². The number of nitriles is 1. The molecule has 0 aromatic heterocycles. The van der Waals surface area contributed by atoms with Crippen molar-refractivity contribution in [2.45, 2.75) is 6.18 Å². The predicted octanol–water partition coefficient (Wildman–Crippen LogP) is 0.371. The fraction of sp³-hybridized carbons (Fsp3) is 0.600. The summed E-state index contributed by atoms with van der Waals surface area (Å²) in [5.41, 5.74) is 0. The second-order valence-electron chi connectivity index (χ2n) is 1.81. The molecule has 0 heterocycles. The molecule has 0 aliphatic carbocycles. The molecular formula is C5H6F3N3O. The summed E-state index contributed by atoms with van der Waals surface area (Å²) >= 11 is 0. The van der Waals surface area contributed by atoms with Crippen molar-refractivity contribution in [2.75, 3.05) is 13.1 Å². The highest BCUT2D eigenvalue weighted by molar-refractivity contribution is 5.74. The Bertz CT molecular complexity index is 195. The maximum Gasteiger partial charge on any atom is 0.405 e. The topological polar surface area (TPSA) is 64.9 Å². The van der Waals surface area contributed by atoms with Gasteiger partial charge < -0.3 is 10.6 Å². The number of nitrogens with zero attached hydrogens (tertiary/aromatic N) is 1. The van der Waals surface area contributed by atoms with Gasteiger partial charge in [-0.25, -0.2) is 4.79 Å². The van der Waals surface area contributed by atoms with Crippen LogP contribution in [-0.4, -0.2) is 25.3 Å². The van der Waals surface area contributed by atoms with Crippen LogP contribution >= 0.6 is 0 Å². The zero-order valence-electron chi connectivity index (χ0n) is 5.90. The Morgan fingerprint density at radius 3 is 2.42 bits per heavy atom. The van der Waals surface area contributed by atoms with Crippen LogP contribution in [0.15, 0.2) is 0 Å². The van der Waals surface area contributed by atoms with Crippen LogP contribution in [0, 0.1) is 11.3 Å². The van der Waals surface area contributed by atoms with Gasteiger partial charge in [-0.3, -0.25) is 0 Å². The minimum absolute atomic E-state index is 0.316. The molecule has 0 rings (SSSR count). The molecule has 0 aromatic carbocycles. The number of rotatable bonds is 2. The number of nitrogens with one attached hydrogen (secondary N) is 2. The van der Waals surface area contributed by atoms with E-state index in [2.05, 4.69) is 0 Å². The molecule has 68 valence electrons. The summed E-state index contributed by atoms with van der Waals surface area (Å²) in [6, 6.07) is 0.537. The SMILES string of the molecule is N#CCNC(=O)NCC(F)(F)F. The summed E-state index contributed by atoms with van der Waals surface area (Å²) in [5, 5.41) is 11.4. The lowest BCUT2D eigenvalue weighted by molar-refractivity contribution is -0.122. The first-order valence-electron chi connectivity index (χ1n) is 2.91. The molecule has 0 saturated heterocycles. The average Bonchev–Trinajstić information content (AvgIpc) is 1.95. The van der Waals surface area contributed by atoms with Gasteiger partial charge in [0.15, 0.2) is 0 Å². The molecule has 2 N–H and O–H groups in total. The summed E-state index contributed by atoms with van der Waals surface area (Å²) < 4.78 is 34.3. The van der Waals surface area contributed by atoms with Crippen molar-refractivity contribution in [1.82, 2.24) is 10.6 Å². The van der Waals surface area contributed by atoms with E-state index in [1.807, 2.05) is 5.32 Å². The third kappa shape index (κ3) is 6.67. The smallest absolute Gasteiger partial charge is 0.329 e. The molecule has 0 aliphatic rings. The third-order valence-corrected chi connectivity index (χ3v) is 0.777. The number of alkyl halides is 3. The molecule has 0 unspecified atom stereocenters. The molecule has 0 aromatic rings. The van der Waals surface area contributed by atoms with E-state index in [4.69, 9.17) is 5.26 Å². The van der Waals surface area contributed by atoms with Gasteiger partial charge in [-0.2, -0.15) is 18.4 Å². The van der Waals surface area contributed by atoms with Crippen LogP contribution in [0.1, 0.15) is 0 Å². The Kier molecular flexibility index (Phi) is 3.90. The van der Waals surface area contributed by atoms with Gasteiger partial charge >= 0.3 is 12.2 Å². The van der Waals surface area contributed by atoms with Crippen LogP contribution in [0.5, 0.6) is 0 Å². The first kappa shape index (κ1) is 10.6. The van der Waals surface area contributed by atoms with E-state index in [0.29, 0.717) is 0 Å². The van der Waals surface area contributed by atoms with Crippen molar-refractivity contribution in [3.8, 4) is 6.07 Å². The van der Waals surface area contributed by atoms with Gasteiger partial charge in [0.2, 0.25) is 0 Å². The maximum atomic E-state index is 11.4. The van der Waals surface area contributed by atoms with Gasteiger partial charge in [-0.1, -0.05) is 0 Å². The third-order valence-electron chi connectivity index (χ3n) is 0.777. The van der Waals surface area contributed by atoms with Crippen LogP contribution in [-0.2, 0) is 0 Å². The number of hydrogen-bond donors (Lipinski definition) is 2. The second kappa shape index (κ2) is 4.43. The van der Waals surface area contributed by atoms with Crippen LogP contribution < -0.4 is 10.6 Å². The number of amides is 2. The zero-order chi connectivity index (χ0) is 9.61. The lowest BCUT2D eigenvalue weighted by atomic mass is 10.6. The Hall–Kier alpha value is -1.45. The number of carbonyl (C=O) groups is 1. The maximum absolute atomic E-state index is 11.4. The molecule has 0 saturated carbocycles. The van der Waals surface area contributed by atoms with Gasteiger partial charge in [0.05, 0.1) is 6.07 Å². The van der Waals surface area contributed by atoms with Crippen molar-refractivity contribution in [2.24, 2.45) is 0 Å². The van der Waals surface area contributed by atoms with Crippen LogP contribution in [0.2, 0.25) is 0 Å². The predicted molar refractivity (Wildman–Crippen MR) is 33.1 cm³/mol. The summed E-state index contributed by atoms with van der Waals surface area (Å²) in [4.78, 5) is 10.4. The molecule has 7 heteroatoms. The summed E-state index contributed by atoms with van der Waals surface area (Å²) in [6.45, 7) is -1.71. The molecule has 4 nitrogen and oxygen atoms in total. The second-order valence-corrected chi connectivity index (χ2v) is 1.81. The molecule has 2 amide bonds. The number of hydrogen-bond acceptors (Lipinski definition) is 2. The Morgan fingerprint density at radius 1 is 1.42 bits per heavy atom. The average molecular weight is 181 g/mol. The van der Waals surface area contributed by atoms with E-state index in [0.717, 1.165) is 0 Å². The minimum Gasteiger partial charge on any atom is -0.329 e. The standard InChI is InChI=1S/C5H6F3N3O/c6-5(7,8)3-11-4(12)10-2-1-9/h2-3H2,(H2,10,11,12). The highest BCUT2D eigenvalue weighted by Crippen LogP contribution is 2.11. The first-order chi connectivity index (χ1) is 5.45. The summed E-state index contributed by atoms with van der Waals surface area (Å²) in [6.07, 6.45) is -4.43. The Balaban J connectivity index is 3.53. The highest BCUT2D eigenvalue weighted by Gasteiger charge is 2.27. The van der Waals surface area contributed by atoms with Gasteiger partial charge in [0.25, 0.3) is 0 Å².